The summed E-state index contributed by atoms with van der Waals surface area (Å²) in [6, 6.07) is 25.3. The molecule has 1 aliphatic rings. The second-order valence-corrected chi connectivity index (χ2v) is 8.59. The molecule has 6 nitrogen and oxygen atoms in total. The van der Waals surface area contributed by atoms with E-state index in [-0.39, 0.29) is 17.8 Å². The minimum atomic E-state index is -0.218. The van der Waals surface area contributed by atoms with Crippen LogP contribution >= 0.6 is 12.2 Å². The van der Waals surface area contributed by atoms with Crippen molar-refractivity contribution < 1.29 is 5.11 Å². The van der Waals surface area contributed by atoms with Gasteiger partial charge in [0.1, 0.15) is 11.8 Å². The van der Waals surface area contributed by atoms with Gasteiger partial charge < -0.3 is 24.8 Å². The Morgan fingerprint density at radius 1 is 0.939 bits per heavy atom. The Morgan fingerprint density at radius 3 is 2.39 bits per heavy atom. The Balaban J connectivity index is 1.65. The first-order valence-electron chi connectivity index (χ1n) is 10.8. The van der Waals surface area contributed by atoms with Crippen LogP contribution in [0.4, 0.5) is 11.4 Å². The molecule has 0 saturated carbocycles. The monoisotopic (exact) mass is 455 g/mol. The molecule has 0 spiro atoms. The number of nitrogens with one attached hydrogen (secondary N) is 1. The normalized spacial score (nSPS) is 17.8. The Bertz CT molecular complexity index is 1270. The molecule has 1 saturated heterocycles. The van der Waals surface area contributed by atoms with E-state index in [1.165, 1.54) is 0 Å². The minimum Gasteiger partial charge on any atom is -0.506 e. The fourth-order valence-electron chi connectivity index (χ4n) is 4.36. The number of aromatic hydroxyl groups is 1. The number of phenolic OH excluding ortho intramolecular Hbond substituents is 1. The molecule has 1 fully saturated rings. The van der Waals surface area contributed by atoms with E-state index in [2.05, 4.69) is 56.3 Å². The molecule has 2 aromatic heterocycles. The maximum atomic E-state index is 10.7. The first-order chi connectivity index (χ1) is 16.0. The number of phenols is 1. The molecule has 2 aromatic carbocycles. The molecule has 7 heteroatoms. The van der Waals surface area contributed by atoms with Gasteiger partial charge in [-0.2, -0.15) is 0 Å². The lowest BCUT2D eigenvalue weighted by atomic mass is 10.0. The van der Waals surface area contributed by atoms with Gasteiger partial charge in [-0.05, 0) is 72.9 Å². The number of rotatable bonds is 5. The van der Waals surface area contributed by atoms with E-state index < -0.39 is 0 Å². The van der Waals surface area contributed by atoms with Crippen molar-refractivity contribution >= 4 is 28.7 Å². The third-order valence-electron chi connectivity index (χ3n) is 5.97. The van der Waals surface area contributed by atoms with Crippen LogP contribution in [0.15, 0.2) is 91.3 Å². The van der Waals surface area contributed by atoms with Gasteiger partial charge in [0.05, 0.1) is 17.4 Å². The summed E-state index contributed by atoms with van der Waals surface area (Å²) in [4.78, 5) is 8.68. The summed E-state index contributed by atoms with van der Waals surface area (Å²) in [6.07, 6.45) is 3.85. The van der Waals surface area contributed by atoms with Crippen molar-refractivity contribution in [2.45, 2.75) is 12.1 Å². The van der Waals surface area contributed by atoms with E-state index in [1.54, 1.807) is 12.3 Å². The molecular formula is C26H25N5OS. The molecule has 1 aliphatic heterocycles. The van der Waals surface area contributed by atoms with Crippen molar-refractivity contribution in [1.82, 2.24) is 14.9 Å². The van der Waals surface area contributed by atoms with Crippen molar-refractivity contribution in [3.8, 4) is 11.4 Å². The number of benzene rings is 2. The lowest BCUT2D eigenvalue weighted by Gasteiger charge is -2.29. The molecule has 2 N–H and O–H groups in total. The van der Waals surface area contributed by atoms with Crippen LogP contribution in [-0.4, -0.2) is 33.9 Å². The molecule has 0 radical (unpaired) electrons. The van der Waals surface area contributed by atoms with Gasteiger partial charge in [-0.25, -0.2) is 0 Å². The summed E-state index contributed by atoms with van der Waals surface area (Å²) in [7, 11) is 4.06. The minimum absolute atomic E-state index is 0.182. The third kappa shape index (κ3) is 3.81. The quantitative estimate of drug-likeness (QED) is 0.421. The van der Waals surface area contributed by atoms with Gasteiger partial charge in [0.25, 0.3) is 0 Å². The van der Waals surface area contributed by atoms with Gasteiger partial charge >= 0.3 is 0 Å². The lowest BCUT2D eigenvalue weighted by molar-refractivity contribution is 0.472. The van der Waals surface area contributed by atoms with Crippen molar-refractivity contribution in [2.75, 3.05) is 23.9 Å². The Hall–Kier alpha value is -3.84. The molecule has 166 valence electrons. The maximum absolute atomic E-state index is 10.7. The Labute approximate surface area is 198 Å². The summed E-state index contributed by atoms with van der Waals surface area (Å²) >= 11 is 5.78. The molecule has 33 heavy (non-hydrogen) atoms. The van der Waals surface area contributed by atoms with Crippen molar-refractivity contribution in [3.63, 3.8) is 0 Å². The number of thiocarbonyl (C=S) groups is 1. The molecule has 2 unspecified atom stereocenters. The van der Waals surface area contributed by atoms with E-state index in [0.717, 1.165) is 22.8 Å². The fraction of sp³-hybridized carbons (Fsp3) is 0.154. The van der Waals surface area contributed by atoms with Crippen LogP contribution in [0, 0.1) is 0 Å². The highest BCUT2D eigenvalue weighted by Gasteiger charge is 2.42. The summed E-state index contributed by atoms with van der Waals surface area (Å²) in [6.45, 7) is 0. The van der Waals surface area contributed by atoms with Crippen LogP contribution in [-0.2, 0) is 0 Å². The molecule has 3 heterocycles. The highest BCUT2D eigenvalue weighted by Crippen LogP contribution is 2.44. The van der Waals surface area contributed by atoms with Crippen LogP contribution in [0.2, 0.25) is 0 Å². The number of hydrogen-bond acceptors (Lipinski definition) is 4. The highest BCUT2D eigenvalue weighted by atomic mass is 32.1. The maximum Gasteiger partial charge on any atom is 0.174 e. The topological polar surface area (TPSA) is 56.6 Å². The van der Waals surface area contributed by atoms with Crippen LogP contribution in [0.3, 0.4) is 0 Å². The van der Waals surface area contributed by atoms with Crippen LogP contribution in [0.5, 0.6) is 5.75 Å². The standard InChI is InChI=1S/C26H25N5OS/c1-29(2)18-12-14-19(15-13-18)30-17-7-10-22(30)25-24(20-8-5-6-16-27-20)28-26(33)31(25)21-9-3-4-11-23(21)32/h3-17,24-25,32H,1-2H3,(H,28,33). The van der Waals surface area contributed by atoms with Gasteiger partial charge in [-0.15, -0.1) is 0 Å². The second-order valence-electron chi connectivity index (χ2n) is 8.20. The number of hydrogen-bond donors (Lipinski definition) is 2. The zero-order chi connectivity index (χ0) is 22.9. The number of para-hydroxylation sites is 2. The number of pyridine rings is 1. The van der Waals surface area contributed by atoms with E-state index in [1.807, 2.05) is 61.5 Å². The van der Waals surface area contributed by atoms with Crippen LogP contribution < -0.4 is 15.1 Å². The second kappa shape index (κ2) is 8.60. The lowest BCUT2D eigenvalue weighted by Crippen LogP contribution is -2.30. The van der Waals surface area contributed by atoms with Gasteiger partial charge in [0.2, 0.25) is 0 Å². The fourth-order valence-corrected chi connectivity index (χ4v) is 4.70. The summed E-state index contributed by atoms with van der Waals surface area (Å²) in [5, 5.41) is 14.7. The summed E-state index contributed by atoms with van der Waals surface area (Å²) in [5.41, 5.74) is 4.78. The van der Waals surface area contributed by atoms with Crippen LogP contribution in [0.25, 0.3) is 5.69 Å². The number of aromatic nitrogens is 2. The molecular weight excluding hydrogens is 430 g/mol. The van der Waals surface area contributed by atoms with Gasteiger partial charge in [-0.3, -0.25) is 4.98 Å². The first kappa shape index (κ1) is 21.0. The first-order valence-corrected chi connectivity index (χ1v) is 11.2. The van der Waals surface area contributed by atoms with E-state index in [9.17, 15) is 5.11 Å². The predicted octanol–water partition coefficient (Wildman–Crippen LogP) is 4.82. The zero-order valence-electron chi connectivity index (χ0n) is 18.5. The molecule has 4 aromatic rings. The van der Waals surface area contributed by atoms with E-state index in [0.29, 0.717) is 10.8 Å². The SMILES string of the molecule is CN(C)c1ccc(-n2cccc2C2C(c3ccccn3)NC(=S)N2c2ccccc2O)cc1. The van der Waals surface area contributed by atoms with Crippen molar-refractivity contribution in [2.24, 2.45) is 0 Å². The average molecular weight is 456 g/mol. The van der Waals surface area contributed by atoms with E-state index in [4.69, 9.17) is 12.2 Å². The third-order valence-corrected chi connectivity index (χ3v) is 6.28. The number of nitrogens with zero attached hydrogens (tertiary/aromatic N) is 4. The summed E-state index contributed by atoms with van der Waals surface area (Å²) in [5.74, 6) is 0.182. The predicted molar refractivity (Wildman–Crippen MR) is 136 cm³/mol. The largest absolute Gasteiger partial charge is 0.506 e. The molecule has 0 amide bonds. The van der Waals surface area contributed by atoms with Gasteiger partial charge in [0.15, 0.2) is 5.11 Å². The number of anilines is 2. The zero-order valence-corrected chi connectivity index (χ0v) is 19.3. The van der Waals surface area contributed by atoms with Crippen molar-refractivity contribution in [3.05, 3.63) is 103 Å². The molecule has 0 aliphatic carbocycles. The Kier molecular flexibility index (Phi) is 5.48. The summed E-state index contributed by atoms with van der Waals surface area (Å²) < 4.78 is 2.17. The Morgan fingerprint density at radius 2 is 1.70 bits per heavy atom. The van der Waals surface area contributed by atoms with Gasteiger partial charge in [0, 0.05) is 43.6 Å². The highest BCUT2D eigenvalue weighted by molar-refractivity contribution is 7.80. The smallest absolute Gasteiger partial charge is 0.174 e. The average Bonchev–Trinajstić information content (AvgIpc) is 3.44. The van der Waals surface area contributed by atoms with E-state index >= 15 is 0 Å². The van der Waals surface area contributed by atoms with Gasteiger partial charge in [-0.1, -0.05) is 18.2 Å². The molecule has 0 bridgehead atoms. The van der Waals surface area contributed by atoms with Crippen LogP contribution in [0.1, 0.15) is 23.5 Å². The molecule has 2 atom stereocenters. The molecule has 5 rings (SSSR count). The van der Waals surface area contributed by atoms with Crippen molar-refractivity contribution in [1.29, 1.82) is 0 Å².